The SMILES string of the molecule is CCCC[P+](CCCC)(CCCC)c1cc(O)ccc1OCCC[SiH2]C(OC)OC.[Br-]. The van der Waals surface area contributed by atoms with Crippen LogP contribution in [0.25, 0.3) is 0 Å². The Labute approximate surface area is 204 Å². The Morgan fingerprint density at radius 1 is 0.903 bits per heavy atom. The van der Waals surface area contributed by atoms with E-state index >= 15 is 0 Å². The number of unbranched alkanes of at least 4 members (excludes halogenated alkanes) is 3. The zero-order chi connectivity index (χ0) is 22.2. The monoisotopic (exact) mass is 536 g/mol. The van der Waals surface area contributed by atoms with Crippen LogP contribution in [0.4, 0.5) is 0 Å². The van der Waals surface area contributed by atoms with Gasteiger partial charge >= 0.3 is 0 Å². The minimum Gasteiger partial charge on any atom is -1.00 e. The molecular formula is C24H46BrO4PSi. The molecule has 1 N–H and O–H groups in total. The average molecular weight is 538 g/mol. The van der Waals surface area contributed by atoms with Gasteiger partial charge in [0.25, 0.3) is 0 Å². The van der Waals surface area contributed by atoms with E-state index in [1.165, 1.54) is 62.3 Å². The average Bonchev–Trinajstić information content (AvgIpc) is 2.77. The van der Waals surface area contributed by atoms with E-state index < -0.39 is 16.8 Å². The van der Waals surface area contributed by atoms with Crippen LogP contribution in [0.1, 0.15) is 65.7 Å². The summed E-state index contributed by atoms with van der Waals surface area (Å²) >= 11 is 0. The highest BCUT2D eigenvalue weighted by Gasteiger charge is 2.41. The molecule has 0 aliphatic carbocycles. The van der Waals surface area contributed by atoms with Crippen LogP contribution in [0.3, 0.4) is 0 Å². The molecule has 0 fully saturated rings. The summed E-state index contributed by atoms with van der Waals surface area (Å²) in [5.74, 6) is 1.40. The number of halogens is 1. The standard InChI is InChI=1S/C24H45O4PSi.BrH/c1-6-9-16-29(17-10-7-2,18-11-8-3)23-20-21(25)13-14-22(23)28-15-12-19-30-24(26-4)27-5;/h13-14,20,24H,6-12,15-19,30H2,1-5H3;1H. The Morgan fingerprint density at radius 2 is 1.45 bits per heavy atom. The smallest absolute Gasteiger partial charge is 0.161 e. The number of ether oxygens (including phenoxy) is 3. The van der Waals surface area contributed by atoms with Crippen LogP contribution in [0.2, 0.25) is 6.04 Å². The van der Waals surface area contributed by atoms with Gasteiger partial charge in [-0.05, 0) is 37.8 Å². The number of benzene rings is 1. The molecule has 31 heavy (non-hydrogen) atoms. The fourth-order valence-electron chi connectivity index (χ4n) is 4.00. The first-order valence-electron chi connectivity index (χ1n) is 11.9. The zero-order valence-corrected chi connectivity index (χ0v) is 24.4. The predicted octanol–water partition coefficient (Wildman–Crippen LogP) is 2.37. The lowest BCUT2D eigenvalue weighted by molar-refractivity contribution is -0.0441. The Balaban J connectivity index is 0.00000900. The van der Waals surface area contributed by atoms with Gasteiger partial charge in [-0.3, -0.25) is 0 Å². The Hall–Kier alpha value is -0.133. The molecule has 1 aromatic carbocycles. The van der Waals surface area contributed by atoms with Crippen molar-refractivity contribution in [2.45, 2.75) is 77.7 Å². The van der Waals surface area contributed by atoms with Gasteiger partial charge in [0.05, 0.1) is 41.9 Å². The topological polar surface area (TPSA) is 47.9 Å². The van der Waals surface area contributed by atoms with Crippen molar-refractivity contribution < 1.29 is 36.3 Å². The molecule has 0 spiro atoms. The van der Waals surface area contributed by atoms with E-state index in [0.717, 1.165) is 24.8 Å². The highest BCUT2D eigenvalue weighted by atomic mass is 79.9. The summed E-state index contributed by atoms with van der Waals surface area (Å²) in [6.07, 6.45) is 12.3. The maximum absolute atomic E-state index is 10.3. The van der Waals surface area contributed by atoms with Crippen molar-refractivity contribution in [3.05, 3.63) is 18.2 Å². The number of hydrogen-bond acceptors (Lipinski definition) is 4. The number of phenols is 1. The second-order valence-corrected chi connectivity index (χ2v) is 14.3. The van der Waals surface area contributed by atoms with Crippen LogP contribution in [0.5, 0.6) is 11.5 Å². The van der Waals surface area contributed by atoms with Crippen molar-refractivity contribution in [1.82, 2.24) is 0 Å². The lowest BCUT2D eigenvalue weighted by atomic mass is 10.3. The van der Waals surface area contributed by atoms with Crippen LogP contribution < -0.4 is 27.0 Å². The third kappa shape index (κ3) is 11.0. The molecule has 0 radical (unpaired) electrons. The van der Waals surface area contributed by atoms with Crippen LogP contribution in [-0.2, 0) is 9.47 Å². The fourth-order valence-corrected chi connectivity index (χ4v) is 10.5. The highest BCUT2D eigenvalue weighted by Crippen LogP contribution is 2.61. The van der Waals surface area contributed by atoms with E-state index in [1.54, 1.807) is 20.3 Å². The third-order valence-corrected chi connectivity index (χ3v) is 12.8. The molecule has 1 aromatic rings. The molecular weight excluding hydrogens is 491 g/mol. The molecule has 0 unspecified atom stereocenters. The summed E-state index contributed by atoms with van der Waals surface area (Å²) in [7, 11) is 1.66. The number of rotatable bonds is 18. The summed E-state index contributed by atoms with van der Waals surface area (Å²) in [6, 6.07) is 6.97. The van der Waals surface area contributed by atoms with Gasteiger partial charge in [0.1, 0.15) is 17.0 Å². The minimum atomic E-state index is -1.36. The van der Waals surface area contributed by atoms with Crippen molar-refractivity contribution in [3.63, 3.8) is 0 Å². The number of aromatic hydroxyl groups is 1. The first-order chi connectivity index (χ1) is 14.6. The van der Waals surface area contributed by atoms with Crippen LogP contribution in [0.15, 0.2) is 18.2 Å². The normalized spacial score (nSPS) is 11.9. The van der Waals surface area contributed by atoms with Crippen LogP contribution in [0, 0.1) is 0 Å². The Morgan fingerprint density at radius 3 is 1.94 bits per heavy atom. The molecule has 1 rings (SSSR count). The van der Waals surface area contributed by atoms with Gasteiger partial charge in [0, 0.05) is 20.3 Å². The molecule has 0 aromatic heterocycles. The summed E-state index contributed by atoms with van der Waals surface area (Å²) in [4.78, 5) is 0. The van der Waals surface area contributed by atoms with Crippen molar-refractivity contribution in [2.75, 3.05) is 39.3 Å². The summed E-state index contributed by atoms with van der Waals surface area (Å²) in [5.41, 5.74) is 0. The fraction of sp³-hybridized carbons (Fsp3) is 0.750. The molecule has 0 heterocycles. The summed E-state index contributed by atoms with van der Waals surface area (Å²) in [5, 5.41) is 11.7. The maximum atomic E-state index is 10.3. The molecule has 0 saturated carbocycles. The molecule has 0 saturated heterocycles. The van der Waals surface area contributed by atoms with Gasteiger partial charge in [-0.25, -0.2) is 0 Å². The minimum absolute atomic E-state index is 0. The van der Waals surface area contributed by atoms with Gasteiger partial charge in [0.2, 0.25) is 0 Å². The second-order valence-electron chi connectivity index (χ2n) is 8.27. The van der Waals surface area contributed by atoms with Crippen molar-refractivity contribution in [1.29, 1.82) is 0 Å². The first kappa shape index (κ1) is 30.9. The van der Waals surface area contributed by atoms with E-state index in [0.29, 0.717) is 5.75 Å². The van der Waals surface area contributed by atoms with Crippen molar-refractivity contribution in [2.24, 2.45) is 0 Å². The van der Waals surface area contributed by atoms with Gasteiger partial charge in [0.15, 0.2) is 5.75 Å². The van der Waals surface area contributed by atoms with Crippen molar-refractivity contribution >= 4 is 22.1 Å². The molecule has 0 atom stereocenters. The lowest BCUT2D eigenvalue weighted by Crippen LogP contribution is -3.00. The van der Waals surface area contributed by atoms with Crippen LogP contribution in [-0.4, -0.2) is 59.9 Å². The van der Waals surface area contributed by atoms with E-state index in [2.05, 4.69) is 20.8 Å². The van der Waals surface area contributed by atoms with E-state index in [-0.39, 0.29) is 22.9 Å². The number of methoxy groups -OCH3 is 2. The first-order valence-corrected chi connectivity index (χ1v) is 16.1. The molecule has 7 heteroatoms. The second kappa shape index (κ2) is 18.3. The molecule has 0 aliphatic heterocycles. The Bertz CT molecular complexity index is 551. The third-order valence-electron chi connectivity index (χ3n) is 5.89. The number of phenolic OH excluding ortho intramolecular Hbond substituents is 1. The van der Waals surface area contributed by atoms with Gasteiger partial charge < -0.3 is 36.3 Å². The molecule has 182 valence electrons. The number of hydrogen-bond donors (Lipinski definition) is 1. The van der Waals surface area contributed by atoms with E-state index in [4.69, 9.17) is 14.2 Å². The van der Waals surface area contributed by atoms with Gasteiger partial charge in [-0.15, -0.1) is 0 Å². The summed E-state index contributed by atoms with van der Waals surface area (Å²) < 4.78 is 17.0. The molecule has 4 nitrogen and oxygen atoms in total. The summed E-state index contributed by atoms with van der Waals surface area (Å²) in [6.45, 7) is 7.57. The van der Waals surface area contributed by atoms with Gasteiger partial charge in [-0.2, -0.15) is 0 Å². The van der Waals surface area contributed by atoms with Crippen LogP contribution >= 0.6 is 7.26 Å². The largest absolute Gasteiger partial charge is 1.00 e. The maximum Gasteiger partial charge on any atom is 0.161 e. The quantitative estimate of drug-likeness (QED) is 0.135. The van der Waals surface area contributed by atoms with E-state index in [9.17, 15) is 5.11 Å². The molecule has 0 amide bonds. The molecule has 0 aliphatic rings. The van der Waals surface area contributed by atoms with Gasteiger partial charge in [-0.1, -0.05) is 46.1 Å². The Kier molecular flexibility index (Phi) is 18.2. The zero-order valence-electron chi connectivity index (χ0n) is 20.5. The van der Waals surface area contributed by atoms with E-state index in [1.807, 2.05) is 12.1 Å². The predicted molar refractivity (Wildman–Crippen MR) is 135 cm³/mol. The molecule has 0 bridgehead atoms. The lowest BCUT2D eigenvalue weighted by Gasteiger charge is -2.29. The van der Waals surface area contributed by atoms with Crippen molar-refractivity contribution in [3.8, 4) is 11.5 Å². The highest BCUT2D eigenvalue weighted by molar-refractivity contribution is 7.83.